The zero-order valence-corrected chi connectivity index (χ0v) is 7.98. The van der Waals surface area contributed by atoms with Gasteiger partial charge in [-0.15, -0.1) is 0 Å². The molecule has 72 valence electrons. The summed E-state index contributed by atoms with van der Waals surface area (Å²) in [7, 11) is 1.74. The molecule has 2 heterocycles. The fraction of sp³-hybridized carbons (Fsp3) is 0.200. The highest BCUT2D eigenvalue weighted by Crippen LogP contribution is 2.23. The van der Waals surface area contributed by atoms with Crippen LogP contribution in [0, 0.1) is 6.92 Å². The molecule has 0 aliphatic heterocycles. The fourth-order valence-electron chi connectivity index (χ4n) is 1.77. The number of nitrogens with zero attached hydrogens (tertiary/aromatic N) is 2. The largest absolute Gasteiger partial charge is 0.477 e. The Labute approximate surface area is 80.8 Å². The maximum Gasteiger partial charge on any atom is 0.352 e. The Morgan fingerprint density at radius 3 is 2.86 bits per heavy atom. The Hall–Kier alpha value is -1.84. The lowest BCUT2D eigenvalue weighted by atomic mass is 10.2. The van der Waals surface area contributed by atoms with Crippen LogP contribution in [0.2, 0.25) is 0 Å². The van der Waals surface area contributed by atoms with E-state index in [1.165, 1.54) is 0 Å². The number of fused-ring (bicyclic) bond motifs is 1. The average molecular weight is 190 g/mol. The average Bonchev–Trinajstić information content (AvgIpc) is 2.41. The Balaban J connectivity index is 2.92. The second kappa shape index (κ2) is 2.83. The second-order valence-electron chi connectivity index (χ2n) is 3.23. The van der Waals surface area contributed by atoms with Gasteiger partial charge in [0.15, 0.2) is 0 Å². The third-order valence-corrected chi connectivity index (χ3v) is 2.46. The number of aromatic carboxylic acids is 1. The van der Waals surface area contributed by atoms with Crippen LogP contribution < -0.4 is 0 Å². The molecule has 0 unspecified atom stereocenters. The van der Waals surface area contributed by atoms with Crippen LogP contribution >= 0.6 is 0 Å². The van der Waals surface area contributed by atoms with Crippen LogP contribution in [-0.2, 0) is 7.05 Å². The van der Waals surface area contributed by atoms with Gasteiger partial charge in [-0.1, -0.05) is 0 Å². The van der Waals surface area contributed by atoms with E-state index < -0.39 is 5.97 Å². The summed E-state index contributed by atoms with van der Waals surface area (Å²) in [6.07, 6.45) is 3.34. The van der Waals surface area contributed by atoms with Crippen molar-refractivity contribution in [2.24, 2.45) is 7.05 Å². The molecule has 0 atom stereocenters. The van der Waals surface area contributed by atoms with Crippen LogP contribution in [0.3, 0.4) is 0 Å². The van der Waals surface area contributed by atoms with Crippen molar-refractivity contribution in [1.82, 2.24) is 9.55 Å². The van der Waals surface area contributed by atoms with E-state index in [0.29, 0.717) is 5.69 Å². The molecule has 0 saturated carbocycles. The molecular formula is C10H10N2O2. The Bertz CT molecular complexity index is 475. The zero-order valence-electron chi connectivity index (χ0n) is 7.98. The minimum atomic E-state index is -0.902. The summed E-state index contributed by atoms with van der Waals surface area (Å²) in [4.78, 5) is 14.9. The van der Waals surface area contributed by atoms with E-state index in [9.17, 15) is 4.79 Å². The topological polar surface area (TPSA) is 55.1 Å². The third kappa shape index (κ3) is 1.00. The number of aryl methyl sites for hydroxylation is 2. The van der Waals surface area contributed by atoms with Crippen molar-refractivity contribution in [3.63, 3.8) is 0 Å². The number of rotatable bonds is 1. The predicted octanol–water partition coefficient (Wildman–Crippen LogP) is 1.58. The Kier molecular flexibility index (Phi) is 1.77. The molecule has 0 radical (unpaired) electrons. The van der Waals surface area contributed by atoms with Crippen LogP contribution in [0.25, 0.3) is 10.9 Å². The monoisotopic (exact) mass is 190 g/mol. The lowest BCUT2D eigenvalue weighted by Crippen LogP contribution is -2.05. The van der Waals surface area contributed by atoms with Crippen LogP contribution in [0.1, 0.15) is 16.1 Å². The number of pyridine rings is 1. The van der Waals surface area contributed by atoms with E-state index in [2.05, 4.69) is 4.98 Å². The number of carboxylic acid groups (broad SMARTS) is 1. The van der Waals surface area contributed by atoms with Crippen molar-refractivity contribution >= 4 is 16.9 Å². The van der Waals surface area contributed by atoms with Crippen LogP contribution in [-0.4, -0.2) is 20.6 Å². The molecule has 0 saturated heterocycles. The molecule has 14 heavy (non-hydrogen) atoms. The van der Waals surface area contributed by atoms with Crippen molar-refractivity contribution in [1.29, 1.82) is 0 Å². The molecule has 1 N–H and O–H groups in total. The number of carbonyl (C=O) groups is 1. The van der Waals surface area contributed by atoms with Crippen molar-refractivity contribution in [3.8, 4) is 0 Å². The second-order valence-corrected chi connectivity index (χ2v) is 3.23. The Morgan fingerprint density at radius 2 is 2.29 bits per heavy atom. The highest BCUT2D eigenvalue weighted by Gasteiger charge is 2.16. The standard InChI is InChI=1S/C10H10N2O2/c1-6-7-3-4-11-5-8(7)12(2)9(6)10(13)14/h3-5H,1-2H3,(H,13,14). The quantitative estimate of drug-likeness (QED) is 0.742. The van der Waals surface area contributed by atoms with E-state index in [1.807, 2.05) is 13.0 Å². The molecule has 0 aromatic carbocycles. The van der Waals surface area contributed by atoms with E-state index in [0.717, 1.165) is 16.5 Å². The van der Waals surface area contributed by atoms with Gasteiger partial charge in [0, 0.05) is 18.6 Å². The summed E-state index contributed by atoms with van der Waals surface area (Å²) in [6.45, 7) is 1.81. The van der Waals surface area contributed by atoms with Gasteiger partial charge >= 0.3 is 5.97 Å². The first-order chi connectivity index (χ1) is 6.63. The van der Waals surface area contributed by atoms with Gasteiger partial charge in [-0.3, -0.25) is 4.98 Å². The first-order valence-corrected chi connectivity index (χ1v) is 4.25. The summed E-state index contributed by atoms with van der Waals surface area (Å²) in [5, 5.41) is 9.95. The maximum atomic E-state index is 11.0. The number of aromatic nitrogens is 2. The lowest BCUT2D eigenvalue weighted by Gasteiger charge is -1.98. The number of carboxylic acids is 1. The van der Waals surface area contributed by atoms with Crippen molar-refractivity contribution in [3.05, 3.63) is 29.7 Å². The van der Waals surface area contributed by atoms with Gasteiger partial charge in [-0.05, 0) is 18.6 Å². The normalized spacial score (nSPS) is 10.7. The minimum Gasteiger partial charge on any atom is -0.477 e. The molecule has 0 aliphatic carbocycles. The highest BCUT2D eigenvalue weighted by atomic mass is 16.4. The van der Waals surface area contributed by atoms with Crippen LogP contribution in [0.4, 0.5) is 0 Å². The molecule has 2 aromatic heterocycles. The molecule has 0 bridgehead atoms. The number of hydrogen-bond donors (Lipinski definition) is 1. The Morgan fingerprint density at radius 1 is 1.57 bits per heavy atom. The van der Waals surface area contributed by atoms with Gasteiger partial charge in [-0.25, -0.2) is 4.79 Å². The lowest BCUT2D eigenvalue weighted by molar-refractivity contribution is 0.0686. The minimum absolute atomic E-state index is 0.327. The summed E-state index contributed by atoms with van der Waals surface area (Å²) < 4.78 is 1.65. The van der Waals surface area contributed by atoms with E-state index in [-0.39, 0.29) is 0 Å². The molecule has 0 spiro atoms. The van der Waals surface area contributed by atoms with Gasteiger partial charge in [0.05, 0.1) is 11.7 Å². The summed E-state index contributed by atoms with van der Waals surface area (Å²) in [6, 6.07) is 1.83. The molecule has 0 fully saturated rings. The summed E-state index contributed by atoms with van der Waals surface area (Å²) >= 11 is 0. The van der Waals surface area contributed by atoms with Gasteiger partial charge in [0.2, 0.25) is 0 Å². The first-order valence-electron chi connectivity index (χ1n) is 4.25. The summed E-state index contributed by atoms with van der Waals surface area (Å²) in [5.41, 5.74) is 1.97. The van der Waals surface area contributed by atoms with Crippen LogP contribution in [0.15, 0.2) is 18.5 Å². The molecule has 0 aliphatic rings. The van der Waals surface area contributed by atoms with Gasteiger partial charge in [0.25, 0.3) is 0 Å². The molecule has 4 nitrogen and oxygen atoms in total. The molecule has 2 aromatic rings. The number of hydrogen-bond acceptors (Lipinski definition) is 2. The molecular weight excluding hydrogens is 180 g/mol. The van der Waals surface area contributed by atoms with Crippen LogP contribution in [0.5, 0.6) is 0 Å². The van der Waals surface area contributed by atoms with E-state index >= 15 is 0 Å². The van der Waals surface area contributed by atoms with E-state index in [1.54, 1.807) is 24.0 Å². The summed E-state index contributed by atoms with van der Waals surface area (Å²) in [5.74, 6) is -0.902. The van der Waals surface area contributed by atoms with Crippen molar-refractivity contribution < 1.29 is 9.90 Å². The fourth-order valence-corrected chi connectivity index (χ4v) is 1.77. The van der Waals surface area contributed by atoms with Gasteiger partial charge in [-0.2, -0.15) is 0 Å². The zero-order chi connectivity index (χ0) is 10.3. The van der Waals surface area contributed by atoms with Crippen molar-refractivity contribution in [2.75, 3.05) is 0 Å². The molecule has 2 rings (SSSR count). The smallest absolute Gasteiger partial charge is 0.352 e. The SMILES string of the molecule is Cc1c(C(=O)O)n(C)c2cnccc12. The maximum absolute atomic E-state index is 11.0. The van der Waals surface area contributed by atoms with Gasteiger partial charge in [0.1, 0.15) is 5.69 Å². The van der Waals surface area contributed by atoms with E-state index in [4.69, 9.17) is 5.11 Å². The molecule has 0 amide bonds. The third-order valence-electron chi connectivity index (χ3n) is 2.46. The molecule has 4 heteroatoms. The van der Waals surface area contributed by atoms with Gasteiger partial charge < -0.3 is 9.67 Å². The highest BCUT2D eigenvalue weighted by molar-refractivity contribution is 5.97. The van der Waals surface area contributed by atoms with Crippen molar-refractivity contribution in [2.45, 2.75) is 6.92 Å². The first kappa shape index (κ1) is 8.74. The predicted molar refractivity (Wildman–Crippen MR) is 52.4 cm³/mol.